The third-order valence-corrected chi connectivity index (χ3v) is 7.97. The molecule has 0 radical (unpaired) electrons. The zero-order valence-electron chi connectivity index (χ0n) is 17.6. The third kappa shape index (κ3) is 5.12. The number of benzene rings is 1. The molecule has 2 aliphatic rings. The molecule has 3 heterocycles. The van der Waals surface area contributed by atoms with Gasteiger partial charge in [0.25, 0.3) is 5.91 Å². The summed E-state index contributed by atoms with van der Waals surface area (Å²) in [6.07, 6.45) is -0.423. The smallest absolute Gasteiger partial charge is 0.352 e. The minimum atomic E-state index is -1.39. The molecule has 35 heavy (non-hydrogen) atoms. The molecule has 0 bridgehead atoms. The summed E-state index contributed by atoms with van der Waals surface area (Å²) in [7, 11) is 0. The van der Waals surface area contributed by atoms with Crippen molar-refractivity contribution < 1.29 is 29.4 Å². The van der Waals surface area contributed by atoms with Crippen molar-refractivity contribution in [1.82, 2.24) is 30.8 Å². The Morgan fingerprint density at radius 3 is 2.77 bits per heavy atom. The van der Waals surface area contributed by atoms with Gasteiger partial charge < -0.3 is 21.3 Å². The fraction of sp³-hybridized carbons (Fsp3) is 0.316. The fourth-order valence-corrected chi connectivity index (χ4v) is 6.44. The molecule has 4 rings (SSSR count). The molecule has 184 valence electrons. The quantitative estimate of drug-likeness (QED) is 0.214. The van der Waals surface area contributed by atoms with Crippen LogP contribution in [-0.4, -0.2) is 81.9 Å². The van der Waals surface area contributed by atoms with Gasteiger partial charge in [-0.15, -0.1) is 22.0 Å². The van der Waals surface area contributed by atoms with Crippen molar-refractivity contribution in [3.63, 3.8) is 0 Å². The molecule has 6 N–H and O–H groups in total. The van der Waals surface area contributed by atoms with E-state index in [0.29, 0.717) is 10.6 Å². The van der Waals surface area contributed by atoms with Gasteiger partial charge in [-0.25, -0.2) is 4.79 Å². The normalized spacial score (nSPS) is 21.1. The number of H-pyrrole nitrogens is 1. The van der Waals surface area contributed by atoms with E-state index in [4.69, 9.17) is 17.3 Å². The van der Waals surface area contributed by atoms with Gasteiger partial charge in [-0.3, -0.25) is 19.3 Å². The standard InChI is InChI=1S/C19H18ClN7O6S2/c20-8-3-1-2-7(4-8)12(21)15(30)22-13-16(31)27-14(18(32)33)9(6-34-17(13)27)10(5-11(28)29)35-19-23-25-26-24-19/h1-4,10,12-13,17H,5-6,21H2,(H,22,30)(H,28,29)(H,32,33)(H,23,24,25,26)/t10?,12?,13?,17-/m0/s1. The Morgan fingerprint density at radius 1 is 1.37 bits per heavy atom. The molecule has 3 unspecified atom stereocenters. The van der Waals surface area contributed by atoms with Gasteiger partial charge in [0.05, 0.1) is 6.42 Å². The first-order valence-corrected chi connectivity index (χ1v) is 12.3. The van der Waals surface area contributed by atoms with Gasteiger partial charge >= 0.3 is 11.9 Å². The number of rotatable bonds is 9. The number of amides is 2. The first kappa shape index (κ1) is 25.0. The van der Waals surface area contributed by atoms with Crippen molar-refractivity contribution in [3.05, 3.63) is 46.1 Å². The van der Waals surface area contributed by atoms with Gasteiger partial charge in [-0.2, -0.15) is 5.21 Å². The minimum Gasteiger partial charge on any atom is -0.481 e. The molecular formula is C19H18ClN7O6S2. The Balaban J connectivity index is 1.55. The Hall–Kier alpha value is -3.14. The lowest BCUT2D eigenvalue weighted by molar-refractivity contribution is -0.150. The van der Waals surface area contributed by atoms with Crippen LogP contribution in [0.5, 0.6) is 0 Å². The van der Waals surface area contributed by atoms with Crippen molar-refractivity contribution >= 4 is 58.9 Å². The van der Waals surface area contributed by atoms with Crippen LogP contribution in [0.3, 0.4) is 0 Å². The molecule has 4 atom stereocenters. The summed E-state index contributed by atoms with van der Waals surface area (Å²) in [4.78, 5) is 50.3. The Kier molecular flexibility index (Phi) is 7.30. The highest BCUT2D eigenvalue weighted by Crippen LogP contribution is 2.44. The molecule has 2 amide bonds. The molecule has 2 aliphatic heterocycles. The maximum atomic E-state index is 12.9. The Bertz CT molecular complexity index is 1210. The number of tetrazole rings is 1. The number of carbonyl (C=O) groups is 4. The van der Waals surface area contributed by atoms with Crippen LogP contribution < -0.4 is 11.1 Å². The van der Waals surface area contributed by atoms with Crippen LogP contribution in [0, 0.1) is 0 Å². The molecule has 16 heteroatoms. The molecular weight excluding hydrogens is 522 g/mol. The number of β-lactam (4-membered cyclic amide) rings is 1. The summed E-state index contributed by atoms with van der Waals surface area (Å²) in [6, 6.07) is 4.37. The summed E-state index contributed by atoms with van der Waals surface area (Å²) >= 11 is 8.09. The molecule has 1 aromatic heterocycles. The van der Waals surface area contributed by atoms with Crippen molar-refractivity contribution in [1.29, 1.82) is 0 Å². The van der Waals surface area contributed by atoms with E-state index in [9.17, 15) is 29.4 Å². The molecule has 1 fully saturated rings. The van der Waals surface area contributed by atoms with Crippen LogP contribution in [0.4, 0.5) is 0 Å². The average molecular weight is 540 g/mol. The molecule has 0 saturated carbocycles. The summed E-state index contributed by atoms with van der Waals surface area (Å²) in [5.74, 6) is -3.68. The van der Waals surface area contributed by atoms with Crippen molar-refractivity contribution in [3.8, 4) is 0 Å². The SMILES string of the molecule is NC(C(=O)NC1C(=O)N2C(C(=O)O)=C(C(CC(=O)O)Sc3nn[nH]n3)CS[C@@H]12)c1cccc(Cl)c1. The van der Waals surface area contributed by atoms with Crippen LogP contribution in [0.25, 0.3) is 0 Å². The monoisotopic (exact) mass is 539 g/mol. The van der Waals surface area contributed by atoms with E-state index in [2.05, 4.69) is 25.9 Å². The van der Waals surface area contributed by atoms with Crippen molar-refractivity contribution in [2.24, 2.45) is 5.73 Å². The maximum Gasteiger partial charge on any atom is 0.352 e. The largest absolute Gasteiger partial charge is 0.481 e. The van der Waals surface area contributed by atoms with Crippen LogP contribution in [0.15, 0.2) is 40.7 Å². The van der Waals surface area contributed by atoms with Gasteiger partial charge in [0.15, 0.2) is 0 Å². The number of hydrogen-bond acceptors (Lipinski definition) is 10. The summed E-state index contributed by atoms with van der Waals surface area (Å²) in [5, 5.41) is 34.1. The lowest BCUT2D eigenvalue weighted by Gasteiger charge is -2.50. The second-order valence-corrected chi connectivity index (χ2v) is 10.2. The van der Waals surface area contributed by atoms with Gasteiger partial charge in [0.2, 0.25) is 11.1 Å². The van der Waals surface area contributed by atoms with E-state index in [0.717, 1.165) is 16.7 Å². The predicted molar refractivity (Wildman–Crippen MR) is 124 cm³/mol. The van der Waals surface area contributed by atoms with E-state index in [1.807, 2.05) is 0 Å². The second kappa shape index (κ2) is 10.2. The number of nitrogens with one attached hydrogen (secondary N) is 2. The lowest BCUT2D eigenvalue weighted by atomic mass is 9.99. The van der Waals surface area contributed by atoms with Crippen LogP contribution in [0.1, 0.15) is 18.0 Å². The highest BCUT2D eigenvalue weighted by molar-refractivity contribution is 8.01. The summed E-state index contributed by atoms with van der Waals surface area (Å²) in [6.45, 7) is 0. The Labute approximate surface area is 210 Å². The zero-order valence-corrected chi connectivity index (χ0v) is 20.0. The van der Waals surface area contributed by atoms with Crippen LogP contribution in [-0.2, 0) is 19.2 Å². The number of halogens is 1. The van der Waals surface area contributed by atoms with Gasteiger partial charge in [-0.1, -0.05) is 35.5 Å². The molecule has 13 nitrogen and oxygen atoms in total. The number of nitrogens with zero attached hydrogens (tertiary/aromatic N) is 4. The maximum absolute atomic E-state index is 12.9. The number of carboxylic acids is 2. The van der Waals surface area contributed by atoms with Gasteiger partial charge in [0.1, 0.15) is 23.2 Å². The molecule has 0 spiro atoms. The average Bonchev–Trinajstić information content (AvgIpc) is 3.33. The number of nitrogens with two attached hydrogens (primary N) is 1. The van der Waals surface area contributed by atoms with E-state index in [1.165, 1.54) is 17.8 Å². The fourth-order valence-electron chi connectivity index (χ4n) is 3.71. The first-order valence-electron chi connectivity index (χ1n) is 10.0. The van der Waals surface area contributed by atoms with E-state index < -0.39 is 52.9 Å². The number of hydrogen-bond donors (Lipinski definition) is 5. The molecule has 1 aromatic carbocycles. The Morgan fingerprint density at radius 2 is 2.14 bits per heavy atom. The molecule has 0 aliphatic carbocycles. The zero-order chi connectivity index (χ0) is 25.3. The number of fused-ring (bicyclic) bond motifs is 1. The van der Waals surface area contributed by atoms with E-state index in [-0.39, 0.29) is 22.2 Å². The van der Waals surface area contributed by atoms with Crippen LogP contribution >= 0.6 is 35.1 Å². The minimum absolute atomic E-state index is 0.117. The number of carbonyl (C=O) groups excluding carboxylic acids is 2. The highest BCUT2D eigenvalue weighted by atomic mass is 35.5. The third-order valence-electron chi connectivity index (χ3n) is 5.31. The number of aromatic nitrogens is 4. The highest BCUT2D eigenvalue weighted by Gasteiger charge is 2.55. The summed E-state index contributed by atoms with van der Waals surface area (Å²) in [5.41, 5.74) is 6.40. The second-order valence-electron chi connectivity index (χ2n) is 7.51. The molecule has 1 saturated heterocycles. The number of aromatic amines is 1. The van der Waals surface area contributed by atoms with Crippen molar-refractivity contribution in [2.75, 3.05) is 5.75 Å². The van der Waals surface area contributed by atoms with Crippen molar-refractivity contribution in [2.45, 2.75) is 34.3 Å². The first-order chi connectivity index (χ1) is 16.7. The summed E-state index contributed by atoms with van der Waals surface area (Å²) < 4.78 is 0. The number of carboxylic acid groups (broad SMARTS) is 2. The van der Waals surface area contributed by atoms with Crippen LogP contribution in [0.2, 0.25) is 5.02 Å². The lowest BCUT2D eigenvalue weighted by Crippen LogP contribution is -2.71. The predicted octanol–water partition coefficient (Wildman–Crippen LogP) is 0.227. The van der Waals surface area contributed by atoms with E-state index >= 15 is 0 Å². The molecule has 2 aromatic rings. The van der Waals surface area contributed by atoms with Gasteiger partial charge in [0, 0.05) is 16.0 Å². The number of thioether (sulfide) groups is 2. The topological polar surface area (TPSA) is 204 Å². The van der Waals surface area contributed by atoms with Gasteiger partial charge in [-0.05, 0) is 28.5 Å². The number of aliphatic carboxylic acids is 2. The van der Waals surface area contributed by atoms with E-state index in [1.54, 1.807) is 18.2 Å².